The number of anilines is 1. The third kappa shape index (κ3) is 2.92. The number of aryl methyl sites for hydroxylation is 1. The number of nitrogens with one attached hydrogen (secondary N) is 1. The highest BCUT2D eigenvalue weighted by atomic mass is 32.1. The maximum Gasteiger partial charge on any atom is 0.250 e. The predicted octanol–water partition coefficient (Wildman–Crippen LogP) is 0.849. The van der Waals surface area contributed by atoms with Gasteiger partial charge in [0.1, 0.15) is 0 Å². The first-order chi connectivity index (χ1) is 8.54. The molecule has 6 heteroatoms. The predicted molar refractivity (Wildman–Crippen MR) is 67.1 cm³/mol. The number of rotatable bonds is 3. The van der Waals surface area contributed by atoms with Crippen LogP contribution >= 0.6 is 11.3 Å². The number of carbonyl (C=O) groups excluding carboxylic acids is 2. The molecule has 1 aromatic carbocycles. The van der Waals surface area contributed by atoms with Gasteiger partial charge in [-0.15, -0.1) is 0 Å². The van der Waals surface area contributed by atoms with E-state index < -0.39 is 11.9 Å². The molecule has 1 N–H and O–H groups in total. The number of fused-ring (bicyclic) bond motifs is 1. The highest BCUT2D eigenvalue weighted by Crippen LogP contribution is 2.26. The lowest BCUT2D eigenvalue weighted by atomic mass is 10.2. The molecule has 2 rings (SSSR count). The van der Waals surface area contributed by atoms with E-state index in [9.17, 15) is 14.7 Å². The van der Waals surface area contributed by atoms with Gasteiger partial charge in [-0.2, -0.15) is 0 Å². The molecule has 2 aromatic rings. The fraction of sp³-hybridized carbons (Fsp3) is 0.0833. The maximum absolute atomic E-state index is 11.3. The van der Waals surface area contributed by atoms with Gasteiger partial charge >= 0.3 is 0 Å². The molecule has 18 heavy (non-hydrogen) atoms. The quantitative estimate of drug-likeness (QED) is 0.830. The van der Waals surface area contributed by atoms with E-state index in [1.54, 1.807) is 0 Å². The van der Waals surface area contributed by atoms with Crippen molar-refractivity contribution in [1.82, 2.24) is 4.98 Å². The van der Waals surface area contributed by atoms with Gasteiger partial charge in [-0.25, -0.2) is 4.98 Å². The summed E-state index contributed by atoms with van der Waals surface area (Å²) in [6.45, 7) is 1.96. The van der Waals surface area contributed by atoms with Gasteiger partial charge in [-0.05, 0) is 30.7 Å². The van der Waals surface area contributed by atoms with Crippen LogP contribution < -0.4 is 10.4 Å². The molecule has 5 nitrogen and oxygen atoms in total. The van der Waals surface area contributed by atoms with E-state index in [1.807, 2.05) is 25.1 Å². The molecule has 0 saturated carbocycles. The summed E-state index contributed by atoms with van der Waals surface area (Å²) in [5.74, 6) is -1.96. The Kier molecular flexibility index (Phi) is 3.38. The van der Waals surface area contributed by atoms with Crippen molar-refractivity contribution in [3.8, 4) is 0 Å². The second kappa shape index (κ2) is 4.97. The molecule has 0 aliphatic carbocycles. The lowest BCUT2D eigenvalue weighted by Gasteiger charge is -1.95. The van der Waals surface area contributed by atoms with Crippen LogP contribution in [0, 0.1) is 6.92 Å². The van der Waals surface area contributed by atoms with E-state index in [-0.39, 0.29) is 0 Å². The van der Waals surface area contributed by atoms with Crippen molar-refractivity contribution in [1.29, 1.82) is 0 Å². The lowest BCUT2D eigenvalue weighted by Crippen LogP contribution is -2.20. The Labute approximate surface area is 107 Å². The summed E-state index contributed by atoms with van der Waals surface area (Å²) >= 11 is 1.33. The van der Waals surface area contributed by atoms with Gasteiger partial charge in [0, 0.05) is 6.08 Å². The van der Waals surface area contributed by atoms with Crippen molar-refractivity contribution in [3.63, 3.8) is 0 Å². The molecule has 0 atom stereocenters. The Balaban J connectivity index is 2.17. The molecule has 0 saturated heterocycles. The zero-order valence-corrected chi connectivity index (χ0v) is 10.3. The van der Waals surface area contributed by atoms with E-state index >= 15 is 0 Å². The molecule has 0 aliphatic rings. The van der Waals surface area contributed by atoms with Crippen molar-refractivity contribution in [2.24, 2.45) is 0 Å². The molecule has 0 radical (unpaired) electrons. The van der Waals surface area contributed by atoms with Gasteiger partial charge in [0.15, 0.2) is 5.13 Å². The topological polar surface area (TPSA) is 82.1 Å². The van der Waals surface area contributed by atoms with E-state index in [2.05, 4.69) is 10.3 Å². The van der Waals surface area contributed by atoms with Crippen LogP contribution in [0.15, 0.2) is 30.4 Å². The van der Waals surface area contributed by atoms with Crippen LogP contribution in [0.4, 0.5) is 5.13 Å². The molecular formula is C12H9N2O3S-. The van der Waals surface area contributed by atoms with Gasteiger partial charge in [-0.3, -0.25) is 10.1 Å². The van der Waals surface area contributed by atoms with Gasteiger partial charge in [0.05, 0.1) is 16.2 Å². The fourth-order valence-corrected chi connectivity index (χ4v) is 2.23. The second-order valence-corrected chi connectivity index (χ2v) is 4.66. The Bertz CT molecular complexity index is 646. The first-order valence-electron chi connectivity index (χ1n) is 5.12. The standard InChI is InChI=1S/C12H10N2O3S/c1-7-2-3-9-8(6-7)13-12(18-9)14-10(15)4-5-11(16)17/h2-6H,1H3,(H,16,17)(H,13,14,15)/p-1/b5-4+. The zero-order chi connectivity index (χ0) is 13.1. The lowest BCUT2D eigenvalue weighted by molar-refractivity contribution is -0.297. The first-order valence-corrected chi connectivity index (χ1v) is 5.93. The minimum Gasteiger partial charge on any atom is -0.545 e. The third-order valence-corrected chi connectivity index (χ3v) is 3.10. The van der Waals surface area contributed by atoms with Crippen LogP contribution in [0.25, 0.3) is 10.2 Å². The molecule has 1 aromatic heterocycles. The first kappa shape index (κ1) is 12.3. The van der Waals surface area contributed by atoms with E-state index in [0.29, 0.717) is 11.2 Å². The fourth-order valence-electron chi connectivity index (χ4n) is 1.38. The van der Waals surface area contributed by atoms with Crippen LogP contribution in [0.3, 0.4) is 0 Å². The number of carboxylic acid groups (broad SMARTS) is 1. The van der Waals surface area contributed by atoms with E-state index in [1.165, 1.54) is 11.3 Å². The number of nitrogens with zero attached hydrogens (tertiary/aromatic N) is 1. The number of hydrogen-bond donors (Lipinski definition) is 1. The average Bonchev–Trinajstić information content (AvgIpc) is 2.67. The van der Waals surface area contributed by atoms with Crippen LogP contribution in [0.5, 0.6) is 0 Å². The Morgan fingerprint density at radius 3 is 2.89 bits per heavy atom. The summed E-state index contributed by atoms with van der Waals surface area (Å²) in [6.07, 6.45) is 1.57. The number of thiazole rings is 1. The summed E-state index contributed by atoms with van der Waals surface area (Å²) in [6, 6.07) is 5.80. The Morgan fingerprint density at radius 1 is 1.39 bits per heavy atom. The van der Waals surface area contributed by atoms with Gasteiger partial charge in [-0.1, -0.05) is 17.4 Å². The summed E-state index contributed by atoms with van der Waals surface area (Å²) < 4.78 is 0.958. The molecule has 0 unspecified atom stereocenters. The SMILES string of the molecule is Cc1ccc2sc(NC(=O)/C=C/C(=O)[O-])nc2c1. The summed E-state index contributed by atoms with van der Waals surface area (Å²) in [5.41, 5.74) is 1.89. The number of aromatic nitrogens is 1. The second-order valence-electron chi connectivity index (χ2n) is 3.63. The normalized spacial score (nSPS) is 10.9. The number of amides is 1. The molecule has 0 bridgehead atoms. The van der Waals surface area contributed by atoms with Crippen LogP contribution in [0.1, 0.15) is 5.56 Å². The number of aliphatic carboxylic acids is 1. The van der Waals surface area contributed by atoms with Crippen LogP contribution in [-0.4, -0.2) is 16.9 Å². The molecule has 1 amide bonds. The van der Waals surface area contributed by atoms with Crippen molar-refractivity contribution in [2.45, 2.75) is 6.92 Å². The van der Waals surface area contributed by atoms with Crippen LogP contribution in [-0.2, 0) is 9.59 Å². The van der Waals surface area contributed by atoms with Crippen molar-refractivity contribution < 1.29 is 14.7 Å². The molecule has 0 aliphatic heterocycles. The summed E-state index contributed by atoms with van der Waals surface area (Å²) in [4.78, 5) is 25.7. The number of benzene rings is 1. The summed E-state index contributed by atoms with van der Waals surface area (Å²) in [5, 5.41) is 13.1. The molecule has 92 valence electrons. The summed E-state index contributed by atoms with van der Waals surface area (Å²) in [7, 11) is 0. The molecule has 0 spiro atoms. The highest BCUT2D eigenvalue weighted by molar-refractivity contribution is 7.22. The van der Waals surface area contributed by atoms with Crippen LogP contribution in [0.2, 0.25) is 0 Å². The zero-order valence-electron chi connectivity index (χ0n) is 9.47. The highest BCUT2D eigenvalue weighted by Gasteiger charge is 2.05. The largest absolute Gasteiger partial charge is 0.545 e. The molecular weight excluding hydrogens is 252 g/mol. The van der Waals surface area contributed by atoms with Crippen molar-refractivity contribution >= 4 is 38.6 Å². The monoisotopic (exact) mass is 261 g/mol. The number of carboxylic acids is 1. The number of carbonyl (C=O) groups is 2. The average molecular weight is 261 g/mol. The smallest absolute Gasteiger partial charge is 0.250 e. The molecule has 1 heterocycles. The Morgan fingerprint density at radius 2 is 2.17 bits per heavy atom. The number of hydrogen-bond acceptors (Lipinski definition) is 5. The van der Waals surface area contributed by atoms with E-state index in [4.69, 9.17) is 0 Å². The minimum atomic E-state index is -1.41. The molecule has 0 fully saturated rings. The van der Waals surface area contributed by atoms with Crippen molar-refractivity contribution in [2.75, 3.05) is 5.32 Å². The van der Waals surface area contributed by atoms with Crippen molar-refractivity contribution in [3.05, 3.63) is 35.9 Å². The maximum atomic E-state index is 11.3. The van der Waals surface area contributed by atoms with Gasteiger partial charge in [0.2, 0.25) is 5.91 Å². The van der Waals surface area contributed by atoms with E-state index in [0.717, 1.165) is 21.9 Å². The van der Waals surface area contributed by atoms with Gasteiger partial charge in [0.25, 0.3) is 0 Å². The third-order valence-electron chi connectivity index (χ3n) is 2.14. The minimum absolute atomic E-state index is 0.434. The Hall–Kier alpha value is -2.21. The van der Waals surface area contributed by atoms with Gasteiger partial charge < -0.3 is 9.90 Å².